The summed E-state index contributed by atoms with van der Waals surface area (Å²) in [5, 5.41) is 3.07. The van der Waals surface area contributed by atoms with Gasteiger partial charge in [0.2, 0.25) is 5.91 Å². The highest BCUT2D eigenvalue weighted by molar-refractivity contribution is 6.74. The van der Waals surface area contributed by atoms with E-state index in [4.69, 9.17) is 28.1 Å². The molecule has 0 aromatic rings. The lowest BCUT2D eigenvalue weighted by Crippen LogP contribution is -2.50. The highest BCUT2D eigenvalue weighted by atomic mass is 28.4. The van der Waals surface area contributed by atoms with Crippen molar-refractivity contribution in [3.63, 3.8) is 0 Å². The third-order valence-corrected chi connectivity index (χ3v) is 11.7. The van der Waals surface area contributed by atoms with Crippen molar-refractivity contribution in [3.05, 3.63) is 11.6 Å². The average Bonchev–Trinajstić information content (AvgIpc) is 3.11. The van der Waals surface area contributed by atoms with Crippen LogP contribution in [-0.2, 0) is 37.7 Å². The van der Waals surface area contributed by atoms with Crippen LogP contribution in [0.2, 0.25) is 18.1 Å². The van der Waals surface area contributed by atoms with Crippen LogP contribution in [0.15, 0.2) is 11.6 Å². The lowest BCUT2D eigenvalue weighted by atomic mass is 9.99. The summed E-state index contributed by atoms with van der Waals surface area (Å²) in [5.41, 5.74) is 0.901. The summed E-state index contributed by atoms with van der Waals surface area (Å²) in [6, 6.07) is 0. The summed E-state index contributed by atoms with van der Waals surface area (Å²) >= 11 is 0. The van der Waals surface area contributed by atoms with Crippen LogP contribution in [0.4, 0.5) is 0 Å². The van der Waals surface area contributed by atoms with Gasteiger partial charge in [-0.1, -0.05) is 34.1 Å². The Balaban J connectivity index is 2.90. The fraction of sp³-hybridized carbons (Fsp3) is 0.857. The van der Waals surface area contributed by atoms with Gasteiger partial charge in [-0.25, -0.2) is 0 Å². The summed E-state index contributed by atoms with van der Waals surface area (Å²) in [4.78, 5) is 24.2. The monoisotopic (exact) mass is 559 g/mol. The van der Waals surface area contributed by atoms with E-state index >= 15 is 0 Å². The zero-order chi connectivity index (χ0) is 29.0. The summed E-state index contributed by atoms with van der Waals surface area (Å²) in [5.74, 6) is -0.866. The first-order chi connectivity index (χ1) is 17.7. The molecule has 1 aliphatic rings. The molecule has 1 rings (SSSR count). The molecule has 0 unspecified atom stereocenters. The number of hydrogen-bond acceptors (Lipinski definition) is 8. The summed E-state index contributed by atoms with van der Waals surface area (Å²) in [6.07, 6.45) is 4.37. The van der Waals surface area contributed by atoms with Crippen molar-refractivity contribution < 1.29 is 37.7 Å². The predicted octanol–water partition coefficient (Wildman–Crippen LogP) is 4.74. The first kappa shape index (κ1) is 34.9. The molecule has 0 saturated carbocycles. The van der Waals surface area contributed by atoms with Gasteiger partial charge in [0.25, 0.3) is 0 Å². The number of carbonyl (C=O) groups is 2. The lowest BCUT2D eigenvalue weighted by Gasteiger charge is -2.39. The molecule has 0 spiro atoms. The first-order valence-corrected chi connectivity index (χ1v) is 16.6. The molecule has 0 aliphatic carbocycles. The van der Waals surface area contributed by atoms with Crippen LogP contribution in [0.5, 0.6) is 0 Å². The molecular weight excluding hydrogens is 506 g/mol. The lowest BCUT2D eigenvalue weighted by molar-refractivity contribution is -0.152. The number of rotatable bonds is 18. The van der Waals surface area contributed by atoms with E-state index in [9.17, 15) is 9.59 Å². The van der Waals surface area contributed by atoms with Gasteiger partial charge < -0.3 is 33.4 Å². The molecule has 10 heteroatoms. The van der Waals surface area contributed by atoms with Gasteiger partial charge >= 0.3 is 0 Å². The van der Waals surface area contributed by atoms with Gasteiger partial charge in [0, 0.05) is 27.2 Å². The molecule has 1 heterocycles. The zero-order valence-electron chi connectivity index (χ0n) is 25.4. The number of nitrogens with one attached hydrogen (secondary N) is 1. The van der Waals surface area contributed by atoms with Crippen molar-refractivity contribution in [2.75, 3.05) is 34.2 Å². The Hall–Kier alpha value is -1.14. The average molecular weight is 560 g/mol. The standard InChI is InChI=1S/C28H53NO8Si/c1-11-12-24(37-38(9,10)27(2,3)4)26(31)29-18-22(34-20-33-8)17-25-23(35-28(5,6)36-25)14-13-21(15-16-30)19-32-7/h15-16,22-25H,11-14,17-20H2,1-10H3,(H,29,31)/b21-15-/t22-,23+,24-,25-/m0/s1. The second kappa shape index (κ2) is 16.2. The van der Waals surface area contributed by atoms with Crippen LogP contribution in [0.1, 0.15) is 73.6 Å². The van der Waals surface area contributed by atoms with Gasteiger partial charge in [-0.15, -0.1) is 0 Å². The number of methoxy groups -OCH3 is 2. The van der Waals surface area contributed by atoms with Crippen LogP contribution >= 0.6 is 0 Å². The Morgan fingerprint density at radius 2 is 1.79 bits per heavy atom. The zero-order valence-corrected chi connectivity index (χ0v) is 26.4. The maximum atomic E-state index is 13.2. The maximum Gasteiger partial charge on any atom is 0.247 e. The van der Waals surface area contributed by atoms with Crippen molar-refractivity contribution in [2.45, 2.75) is 122 Å². The van der Waals surface area contributed by atoms with E-state index in [1.165, 1.54) is 6.08 Å². The largest absolute Gasteiger partial charge is 0.405 e. The second-order valence-electron chi connectivity index (χ2n) is 12.0. The molecule has 4 atom stereocenters. The van der Waals surface area contributed by atoms with Crippen LogP contribution in [0, 0.1) is 0 Å². The van der Waals surface area contributed by atoms with Gasteiger partial charge in [-0.3, -0.25) is 9.59 Å². The molecule has 9 nitrogen and oxygen atoms in total. The van der Waals surface area contributed by atoms with E-state index in [0.717, 1.165) is 18.3 Å². The minimum atomic E-state index is -2.11. The van der Waals surface area contributed by atoms with E-state index in [-0.39, 0.29) is 36.1 Å². The molecule has 1 N–H and O–H groups in total. The highest BCUT2D eigenvalue weighted by Crippen LogP contribution is 2.38. The third kappa shape index (κ3) is 11.9. The Kier molecular flexibility index (Phi) is 14.9. The van der Waals surface area contributed by atoms with Crippen LogP contribution in [0.3, 0.4) is 0 Å². The Morgan fingerprint density at radius 1 is 1.13 bits per heavy atom. The first-order valence-electron chi connectivity index (χ1n) is 13.7. The van der Waals surface area contributed by atoms with E-state index in [2.05, 4.69) is 46.1 Å². The van der Waals surface area contributed by atoms with Gasteiger partial charge in [-0.05, 0) is 62.9 Å². The number of allylic oxidation sites excluding steroid dienone is 1. The number of ether oxygens (including phenoxy) is 5. The summed E-state index contributed by atoms with van der Waals surface area (Å²) < 4.78 is 35.2. The van der Waals surface area contributed by atoms with Crippen molar-refractivity contribution >= 4 is 20.5 Å². The van der Waals surface area contributed by atoms with Crippen molar-refractivity contribution in [2.24, 2.45) is 0 Å². The Bertz CT molecular complexity index is 750. The van der Waals surface area contributed by atoms with Crippen molar-refractivity contribution in [1.82, 2.24) is 5.32 Å². The Labute approximate surface area is 231 Å². The highest BCUT2D eigenvalue weighted by Gasteiger charge is 2.43. The molecule has 0 aromatic heterocycles. The Morgan fingerprint density at radius 3 is 2.34 bits per heavy atom. The minimum absolute atomic E-state index is 0.00897. The topological polar surface area (TPSA) is 102 Å². The number of carbonyl (C=O) groups excluding carboxylic acids is 2. The van der Waals surface area contributed by atoms with E-state index in [0.29, 0.717) is 38.8 Å². The van der Waals surface area contributed by atoms with Gasteiger partial charge in [-0.2, -0.15) is 0 Å². The van der Waals surface area contributed by atoms with Gasteiger partial charge in [0.05, 0.1) is 24.9 Å². The SMILES string of the molecule is CCC[C@H](O[Si](C)(C)C(C)(C)C)C(=O)NC[C@H](C[C@@H]1OC(C)(C)O[C@@H]1CC/C(=C/C=O)COC)OCOC. The van der Waals surface area contributed by atoms with Crippen molar-refractivity contribution in [3.8, 4) is 0 Å². The van der Waals surface area contributed by atoms with E-state index < -0.39 is 20.2 Å². The predicted molar refractivity (Wildman–Crippen MR) is 150 cm³/mol. The normalized spacial score (nSPS) is 21.8. The maximum absolute atomic E-state index is 13.2. The quantitative estimate of drug-likeness (QED) is 0.111. The molecule has 38 heavy (non-hydrogen) atoms. The second-order valence-corrected chi connectivity index (χ2v) is 16.7. The van der Waals surface area contributed by atoms with Crippen LogP contribution in [0.25, 0.3) is 0 Å². The minimum Gasteiger partial charge on any atom is -0.405 e. The molecule has 222 valence electrons. The van der Waals surface area contributed by atoms with Gasteiger partial charge in [0.1, 0.15) is 19.2 Å². The summed E-state index contributed by atoms with van der Waals surface area (Å²) in [7, 11) is 1.06. The summed E-state index contributed by atoms with van der Waals surface area (Å²) in [6.45, 7) is 17.5. The molecule has 1 amide bonds. The molecular formula is C28H53NO8Si. The fourth-order valence-corrected chi connectivity index (χ4v) is 5.46. The van der Waals surface area contributed by atoms with Crippen LogP contribution in [-0.4, -0.2) is 84.9 Å². The van der Waals surface area contributed by atoms with E-state index in [1.807, 2.05) is 13.8 Å². The molecule has 0 aromatic carbocycles. The molecule has 0 bridgehead atoms. The van der Waals surface area contributed by atoms with Gasteiger partial charge in [0.15, 0.2) is 14.1 Å². The van der Waals surface area contributed by atoms with Crippen LogP contribution < -0.4 is 5.32 Å². The smallest absolute Gasteiger partial charge is 0.247 e. The fourth-order valence-electron chi connectivity index (χ4n) is 4.17. The molecule has 1 aliphatic heterocycles. The number of amides is 1. The van der Waals surface area contributed by atoms with E-state index in [1.54, 1.807) is 14.2 Å². The third-order valence-electron chi connectivity index (χ3n) is 7.18. The number of hydrogen-bond donors (Lipinski definition) is 1. The molecule has 1 saturated heterocycles. The molecule has 1 fully saturated rings. The number of aldehydes is 1. The van der Waals surface area contributed by atoms with Crippen molar-refractivity contribution in [1.29, 1.82) is 0 Å². The molecule has 0 radical (unpaired) electrons.